The van der Waals surface area contributed by atoms with E-state index in [1.807, 2.05) is 51.1 Å². The number of nitrogens with zero attached hydrogens (tertiary/aromatic N) is 3. The van der Waals surface area contributed by atoms with E-state index >= 15 is 0 Å². The molecule has 0 saturated heterocycles. The van der Waals surface area contributed by atoms with Crippen molar-refractivity contribution in [1.29, 1.82) is 0 Å². The van der Waals surface area contributed by atoms with Gasteiger partial charge in [-0.15, -0.1) is 21.5 Å². The maximum Gasteiger partial charge on any atom is 0.253 e. The van der Waals surface area contributed by atoms with Crippen LogP contribution >= 0.6 is 11.3 Å². The van der Waals surface area contributed by atoms with Gasteiger partial charge in [0, 0.05) is 17.7 Å². The standard InChI is InChI=1S/C19H22N4O3S/c1-12(19-13(2)27-14(3)21-19)20-16(24)9-10-17-22-23-18(26-17)11-25-15-7-5-4-6-8-15/h4-8,12H,9-11H2,1-3H3,(H,20,24). The number of benzene rings is 1. The van der Waals surface area contributed by atoms with Crippen molar-refractivity contribution < 1.29 is 13.9 Å². The fourth-order valence-electron chi connectivity index (χ4n) is 2.66. The summed E-state index contributed by atoms with van der Waals surface area (Å²) in [4.78, 5) is 17.8. The van der Waals surface area contributed by atoms with Crippen molar-refractivity contribution in [2.45, 2.75) is 46.3 Å². The lowest BCUT2D eigenvalue weighted by Crippen LogP contribution is -2.27. The zero-order chi connectivity index (χ0) is 19.2. The fourth-order valence-corrected chi connectivity index (χ4v) is 3.57. The van der Waals surface area contributed by atoms with Crippen LogP contribution in [-0.4, -0.2) is 21.1 Å². The first-order valence-electron chi connectivity index (χ1n) is 8.73. The Balaban J connectivity index is 1.45. The highest BCUT2D eigenvalue weighted by Gasteiger charge is 2.16. The molecule has 1 amide bonds. The highest BCUT2D eigenvalue weighted by Crippen LogP contribution is 2.22. The Hall–Kier alpha value is -2.74. The van der Waals surface area contributed by atoms with E-state index in [4.69, 9.17) is 9.15 Å². The molecule has 0 spiro atoms. The molecule has 0 aliphatic heterocycles. The zero-order valence-electron chi connectivity index (χ0n) is 15.6. The summed E-state index contributed by atoms with van der Waals surface area (Å²) >= 11 is 1.63. The maximum atomic E-state index is 12.2. The van der Waals surface area contributed by atoms with E-state index in [9.17, 15) is 4.79 Å². The summed E-state index contributed by atoms with van der Waals surface area (Å²) < 4.78 is 11.1. The van der Waals surface area contributed by atoms with Crippen molar-refractivity contribution >= 4 is 17.2 Å². The number of ether oxygens (including phenoxy) is 1. The van der Waals surface area contributed by atoms with Gasteiger partial charge in [0.25, 0.3) is 5.89 Å². The van der Waals surface area contributed by atoms with Gasteiger partial charge >= 0.3 is 0 Å². The van der Waals surface area contributed by atoms with Crippen LogP contribution in [0.25, 0.3) is 0 Å². The molecule has 0 aliphatic rings. The number of amides is 1. The Bertz CT molecular complexity index is 892. The van der Waals surface area contributed by atoms with Crippen molar-refractivity contribution in [1.82, 2.24) is 20.5 Å². The lowest BCUT2D eigenvalue weighted by Gasteiger charge is -2.12. The molecule has 0 aliphatic carbocycles. The van der Waals surface area contributed by atoms with E-state index in [1.54, 1.807) is 11.3 Å². The topological polar surface area (TPSA) is 90.1 Å². The van der Waals surface area contributed by atoms with E-state index in [2.05, 4.69) is 20.5 Å². The first-order valence-corrected chi connectivity index (χ1v) is 9.55. The van der Waals surface area contributed by atoms with E-state index < -0.39 is 0 Å². The molecule has 1 atom stereocenters. The second-order valence-corrected chi connectivity index (χ2v) is 7.56. The number of aryl methyl sites for hydroxylation is 3. The third-order valence-corrected chi connectivity index (χ3v) is 4.81. The summed E-state index contributed by atoms with van der Waals surface area (Å²) in [5, 5.41) is 11.9. The largest absolute Gasteiger partial charge is 0.484 e. The number of thiazole rings is 1. The first-order chi connectivity index (χ1) is 13.0. The van der Waals surface area contributed by atoms with Crippen molar-refractivity contribution in [2.24, 2.45) is 0 Å². The minimum absolute atomic E-state index is 0.0761. The molecule has 0 bridgehead atoms. The van der Waals surface area contributed by atoms with Crippen molar-refractivity contribution in [2.75, 3.05) is 0 Å². The number of nitrogens with one attached hydrogen (secondary N) is 1. The maximum absolute atomic E-state index is 12.2. The smallest absolute Gasteiger partial charge is 0.253 e. The molecule has 8 heteroatoms. The Kier molecular flexibility index (Phi) is 6.18. The summed E-state index contributed by atoms with van der Waals surface area (Å²) in [7, 11) is 0. The third-order valence-electron chi connectivity index (χ3n) is 3.91. The molecule has 3 rings (SSSR count). The highest BCUT2D eigenvalue weighted by atomic mass is 32.1. The average molecular weight is 386 g/mol. The fraction of sp³-hybridized carbons (Fsp3) is 0.368. The first kappa shape index (κ1) is 19.0. The number of hydrogen-bond acceptors (Lipinski definition) is 7. The normalized spacial score (nSPS) is 12.0. The molecule has 1 aromatic carbocycles. The summed E-state index contributed by atoms with van der Waals surface area (Å²) in [5.41, 5.74) is 0.920. The van der Waals surface area contributed by atoms with Crippen LogP contribution in [0.5, 0.6) is 5.75 Å². The van der Waals surface area contributed by atoms with Gasteiger partial charge in [-0.3, -0.25) is 4.79 Å². The predicted octanol–water partition coefficient (Wildman–Crippen LogP) is 3.53. The third kappa shape index (κ3) is 5.37. The van der Waals surface area contributed by atoms with Gasteiger partial charge in [-0.2, -0.15) is 0 Å². The highest BCUT2D eigenvalue weighted by molar-refractivity contribution is 7.11. The molecule has 2 heterocycles. The van der Waals surface area contributed by atoms with Crippen LogP contribution in [0.4, 0.5) is 0 Å². The number of carbonyl (C=O) groups is 1. The van der Waals surface area contributed by atoms with Crippen LogP contribution in [0.1, 0.15) is 46.7 Å². The molecule has 7 nitrogen and oxygen atoms in total. The van der Waals surface area contributed by atoms with Crippen LogP contribution in [0, 0.1) is 13.8 Å². The number of rotatable bonds is 8. The molecular weight excluding hydrogens is 364 g/mol. The minimum atomic E-state index is -0.125. The van der Waals surface area contributed by atoms with Crippen molar-refractivity contribution in [3.63, 3.8) is 0 Å². The van der Waals surface area contributed by atoms with Gasteiger partial charge in [0.2, 0.25) is 11.8 Å². The predicted molar refractivity (Wildman–Crippen MR) is 102 cm³/mol. The monoisotopic (exact) mass is 386 g/mol. The van der Waals surface area contributed by atoms with Gasteiger partial charge in [-0.05, 0) is 32.9 Å². The van der Waals surface area contributed by atoms with Gasteiger partial charge in [0.1, 0.15) is 5.75 Å². The number of para-hydroxylation sites is 1. The quantitative estimate of drug-likeness (QED) is 0.637. The number of carbonyl (C=O) groups excluding carboxylic acids is 1. The molecule has 0 fully saturated rings. The van der Waals surface area contributed by atoms with E-state index in [0.29, 0.717) is 18.2 Å². The van der Waals surface area contributed by atoms with E-state index in [0.717, 1.165) is 21.3 Å². The van der Waals surface area contributed by atoms with Gasteiger partial charge in [0.15, 0.2) is 6.61 Å². The van der Waals surface area contributed by atoms with Crippen LogP contribution in [0.2, 0.25) is 0 Å². The summed E-state index contributed by atoms with van der Waals surface area (Å²) in [6.07, 6.45) is 0.652. The second kappa shape index (κ2) is 8.77. The lowest BCUT2D eigenvalue weighted by atomic mass is 10.2. The molecular formula is C19H22N4O3S. The Morgan fingerprint density at radius 3 is 2.67 bits per heavy atom. The summed E-state index contributed by atoms with van der Waals surface area (Å²) in [5.74, 6) is 1.47. The van der Waals surface area contributed by atoms with Gasteiger partial charge in [-0.25, -0.2) is 4.98 Å². The molecule has 0 radical (unpaired) electrons. The Labute approximate surface area is 161 Å². The van der Waals surface area contributed by atoms with Gasteiger partial charge in [0.05, 0.1) is 16.7 Å². The summed E-state index contributed by atoms with van der Waals surface area (Å²) in [6.45, 7) is 6.11. The zero-order valence-corrected chi connectivity index (χ0v) is 16.4. The molecule has 2 aromatic heterocycles. The Morgan fingerprint density at radius 2 is 1.96 bits per heavy atom. The van der Waals surface area contributed by atoms with Crippen molar-refractivity contribution in [3.8, 4) is 5.75 Å². The van der Waals surface area contributed by atoms with Crippen molar-refractivity contribution in [3.05, 3.63) is 57.7 Å². The SMILES string of the molecule is Cc1nc(C(C)NC(=O)CCc2nnc(COc3ccccc3)o2)c(C)s1. The average Bonchev–Trinajstić information content (AvgIpc) is 3.25. The van der Waals surface area contributed by atoms with Gasteiger partial charge in [-0.1, -0.05) is 18.2 Å². The second-order valence-electron chi connectivity index (χ2n) is 6.15. The van der Waals surface area contributed by atoms with Crippen LogP contribution in [0.15, 0.2) is 34.7 Å². The molecule has 1 N–H and O–H groups in total. The molecule has 3 aromatic rings. The minimum Gasteiger partial charge on any atom is -0.484 e. The number of hydrogen-bond donors (Lipinski definition) is 1. The van der Waals surface area contributed by atoms with Gasteiger partial charge < -0.3 is 14.5 Å². The Morgan fingerprint density at radius 1 is 1.22 bits per heavy atom. The van der Waals surface area contributed by atoms with Crippen LogP contribution in [0.3, 0.4) is 0 Å². The molecule has 1 unspecified atom stereocenters. The van der Waals surface area contributed by atoms with Crippen LogP contribution < -0.4 is 10.1 Å². The number of aromatic nitrogens is 3. The molecule has 27 heavy (non-hydrogen) atoms. The lowest BCUT2D eigenvalue weighted by molar-refractivity contribution is -0.121. The van der Waals surface area contributed by atoms with Crippen LogP contribution in [-0.2, 0) is 17.8 Å². The van der Waals surface area contributed by atoms with E-state index in [1.165, 1.54) is 0 Å². The molecule has 142 valence electrons. The van der Waals surface area contributed by atoms with E-state index in [-0.39, 0.29) is 25.0 Å². The molecule has 0 saturated carbocycles. The summed E-state index contributed by atoms with van der Waals surface area (Å²) in [6, 6.07) is 9.29.